The van der Waals surface area contributed by atoms with E-state index >= 15 is 0 Å². The molecule has 0 bridgehead atoms. The number of aliphatic imine (C=N–C) groups is 1. The van der Waals surface area contributed by atoms with Gasteiger partial charge in [-0.1, -0.05) is 91.3 Å². The number of aliphatic hydroxyl groups is 1. The summed E-state index contributed by atoms with van der Waals surface area (Å²) >= 11 is 0. The Hall–Kier alpha value is -2.13. The van der Waals surface area contributed by atoms with E-state index in [9.17, 15) is 10.2 Å². The Morgan fingerprint density at radius 3 is 2.13 bits per heavy atom. The molecular formula is C27H39NO2. The number of nitrogens with zero attached hydrogens (tertiary/aromatic N) is 1. The summed E-state index contributed by atoms with van der Waals surface area (Å²) in [5.74, 6) is 0.280. The summed E-state index contributed by atoms with van der Waals surface area (Å²) in [6, 6.07) is 14.0. The van der Waals surface area contributed by atoms with E-state index in [1.807, 2.05) is 24.3 Å². The van der Waals surface area contributed by atoms with Gasteiger partial charge in [0.2, 0.25) is 0 Å². The van der Waals surface area contributed by atoms with Crippen LogP contribution in [0.15, 0.2) is 47.5 Å². The SMILES string of the molecule is CCC[C@@H](O)[C@H](Cc1ccccc1)N=Cc1cc(C(C)(C)C)cc(C(C)(C)C)c1O. The zero-order valence-corrected chi connectivity index (χ0v) is 19.7. The Kier molecular flexibility index (Phi) is 7.87. The molecule has 164 valence electrons. The van der Waals surface area contributed by atoms with E-state index in [1.54, 1.807) is 6.21 Å². The lowest BCUT2D eigenvalue weighted by atomic mass is 9.79. The highest BCUT2D eigenvalue weighted by atomic mass is 16.3. The maximum atomic E-state index is 11.0. The molecule has 0 spiro atoms. The highest BCUT2D eigenvalue weighted by molar-refractivity contribution is 5.85. The lowest BCUT2D eigenvalue weighted by Crippen LogP contribution is -2.26. The second-order valence-electron chi connectivity index (χ2n) is 10.4. The number of benzene rings is 2. The molecule has 0 radical (unpaired) electrons. The molecule has 2 aromatic rings. The van der Waals surface area contributed by atoms with E-state index < -0.39 is 6.10 Å². The molecule has 0 saturated heterocycles. The zero-order chi connectivity index (χ0) is 22.5. The van der Waals surface area contributed by atoms with Gasteiger partial charge in [-0.25, -0.2) is 0 Å². The maximum absolute atomic E-state index is 11.0. The fourth-order valence-electron chi connectivity index (χ4n) is 3.57. The van der Waals surface area contributed by atoms with Crippen molar-refractivity contribution in [1.29, 1.82) is 0 Å². The minimum absolute atomic E-state index is 0.0402. The van der Waals surface area contributed by atoms with E-state index in [2.05, 4.69) is 66.7 Å². The summed E-state index contributed by atoms with van der Waals surface area (Å²) in [5, 5.41) is 21.7. The standard InChI is InChI=1S/C27H39NO2/c1-8-12-24(29)23(15-19-13-10-9-11-14-19)28-18-20-16-21(26(2,3)4)17-22(25(20)30)27(5,6)7/h9-11,13-14,16-18,23-24,29-30H,8,12,15H2,1-7H3/t23-,24+/m0/s1. The number of hydrogen-bond donors (Lipinski definition) is 2. The van der Waals surface area contributed by atoms with Crippen molar-refractivity contribution in [2.24, 2.45) is 4.99 Å². The minimum atomic E-state index is -0.513. The molecule has 2 atom stereocenters. The molecule has 2 N–H and O–H groups in total. The van der Waals surface area contributed by atoms with Gasteiger partial charge in [-0.2, -0.15) is 0 Å². The van der Waals surface area contributed by atoms with Crippen LogP contribution in [0.25, 0.3) is 0 Å². The molecule has 3 nitrogen and oxygen atoms in total. The van der Waals surface area contributed by atoms with Gasteiger partial charge >= 0.3 is 0 Å². The number of phenols is 1. The molecule has 0 saturated carbocycles. The number of phenolic OH excluding ortho intramolecular Hbond substituents is 1. The van der Waals surface area contributed by atoms with Gasteiger partial charge in [-0.15, -0.1) is 0 Å². The van der Waals surface area contributed by atoms with Crippen molar-refractivity contribution in [3.05, 3.63) is 64.7 Å². The molecular weight excluding hydrogens is 370 g/mol. The van der Waals surface area contributed by atoms with Gasteiger partial charge in [0.05, 0.1) is 12.1 Å². The molecule has 0 aliphatic rings. The van der Waals surface area contributed by atoms with Crippen molar-refractivity contribution in [3.8, 4) is 5.75 Å². The molecule has 0 heterocycles. The second kappa shape index (κ2) is 9.78. The van der Waals surface area contributed by atoms with E-state index in [0.717, 1.165) is 17.5 Å². The van der Waals surface area contributed by atoms with Crippen molar-refractivity contribution >= 4 is 6.21 Å². The lowest BCUT2D eigenvalue weighted by Gasteiger charge is -2.27. The largest absolute Gasteiger partial charge is 0.507 e. The molecule has 30 heavy (non-hydrogen) atoms. The van der Waals surface area contributed by atoms with Crippen LogP contribution in [0, 0.1) is 0 Å². The first kappa shape index (κ1) is 24.1. The third-order valence-electron chi connectivity index (χ3n) is 5.53. The Bertz CT molecular complexity index is 842. The van der Waals surface area contributed by atoms with Gasteiger partial charge in [0.15, 0.2) is 0 Å². The third-order valence-corrected chi connectivity index (χ3v) is 5.53. The average molecular weight is 410 g/mol. The Balaban J connectivity index is 2.47. The molecule has 0 aliphatic carbocycles. The second-order valence-corrected chi connectivity index (χ2v) is 10.4. The van der Waals surface area contributed by atoms with E-state index in [1.165, 1.54) is 5.56 Å². The van der Waals surface area contributed by atoms with Crippen molar-refractivity contribution in [1.82, 2.24) is 0 Å². The first-order chi connectivity index (χ1) is 13.9. The van der Waals surface area contributed by atoms with Crippen LogP contribution in [0.5, 0.6) is 5.75 Å². The van der Waals surface area contributed by atoms with Crippen LogP contribution in [0.4, 0.5) is 0 Å². The average Bonchev–Trinajstić information content (AvgIpc) is 2.65. The van der Waals surface area contributed by atoms with Gasteiger partial charge in [0.25, 0.3) is 0 Å². The predicted octanol–water partition coefficient (Wildman–Crippen LogP) is 6.18. The van der Waals surface area contributed by atoms with Crippen molar-refractivity contribution < 1.29 is 10.2 Å². The molecule has 0 amide bonds. The summed E-state index contributed by atoms with van der Waals surface area (Å²) in [6.07, 6.45) is 3.52. The molecule has 0 unspecified atom stereocenters. The summed E-state index contributed by atoms with van der Waals surface area (Å²) in [4.78, 5) is 4.78. The Morgan fingerprint density at radius 2 is 1.60 bits per heavy atom. The summed E-state index contributed by atoms with van der Waals surface area (Å²) in [5.41, 5.74) is 3.73. The maximum Gasteiger partial charge on any atom is 0.128 e. The van der Waals surface area contributed by atoms with E-state index in [-0.39, 0.29) is 22.6 Å². The fourth-order valence-corrected chi connectivity index (χ4v) is 3.57. The fraction of sp³-hybridized carbons (Fsp3) is 0.519. The molecule has 2 aromatic carbocycles. The lowest BCUT2D eigenvalue weighted by molar-refractivity contribution is 0.135. The van der Waals surface area contributed by atoms with E-state index in [0.29, 0.717) is 18.4 Å². The van der Waals surface area contributed by atoms with E-state index in [4.69, 9.17) is 4.99 Å². The van der Waals surface area contributed by atoms with Crippen LogP contribution < -0.4 is 0 Å². The first-order valence-corrected chi connectivity index (χ1v) is 11.1. The number of aliphatic hydroxyl groups excluding tert-OH is 1. The van der Waals surface area contributed by atoms with Crippen molar-refractivity contribution in [3.63, 3.8) is 0 Å². The third kappa shape index (κ3) is 6.43. The van der Waals surface area contributed by atoms with Crippen molar-refractivity contribution in [2.75, 3.05) is 0 Å². The smallest absolute Gasteiger partial charge is 0.128 e. The van der Waals surface area contributed by atoms with Gasteiger partial charge in [-0.3, -0.25) is 4.99 Å². The molecule has 2 rings (SSSR count). The topological polar surface area (TPSA) is 52.8 Å². The summed E-state index contributed by atoms with van der Waals surface area (Å²) in [7, 11) is 0. The zero-order valence-electron chi connectivity index (χ0n) is 19.7. The number of aromatic hydroxyl groups is 1. The van der Waals surface area contributed by atoms with Crippen LogP contribution in [-0.4, -0.2) is 28.6 Å². The number of hydrogen-bond acceptors (Lipinski definition) is 3. The normalized spacial score (nSPS) is 14.8. The minimum Gasteiger partial charge on any atom is -0.507 e. The van der Waals surface area contributed by atoms with Crippen molar-refractivity contribution in [2.45, 2.75) is 90.7 Å². The highest BCUT2D eigenvalue weighted by Gasteiger charge is 2.25. The monoisotopic (exact) mass is 409 g/mol. The summed E-state index contributed by atoms with van der Waals surface area (Å²) < 4.78 is 0. The molecule has 3 heteroatoms. The van der Waals surface area contributed by atoms with Gasteiger partial charge in [0.1, 0.15) is 5.75 Å². The Morgan fingerprint density at radius 1 is 0.967 bits per heavy atom. The van der Waals surface area contributed by atoms with Crippen LogP contribution in [0.3, 0.4) is 0 Å². The van der Waals surface area contributed by atoms with Crippen LogP contribution in [-0.2, 0) is 17.3 Å². The quantitative estimate of drug-likeness (QED) is 0.537. The molecule has 0 aliphatic heterocycles. The van der Waals surface area contributed by atoms with Gasteiger partial charge in [0, 0.05) is 17.3 Å². The molecule has 0 aromatic heterocycles. The van der Waals surface area contributed by atoms with Crippen LogP contribution in [0.2, 0.25) is 0 Å². The summed E-state index contributed by atoms with van der Waals surface area (Å²) in [6.45, 7) is 14.9. The predicted molar refractivity (Wildman–Crippen MR) is 128 cm³/mol. The van der Waals surface area contributed by atoms with Crippen LogP contribution >= 0.6 is 0 Å². The number of rotatable bonds is 7. The molecule has 0 fully saturated rings. The first-order valence-electron chi connectivity index (χ1n) is 11.1. The van der Waals surface area contributed by atoms with Crippen LogP contribution in [0.1, 0.15) is 83.6 Å². The highest BCUT2D eigenvalue weighted by Crippen LogP contribution is 2.37. The Labute approximate surface area is 182 Å². The van der Waals surface area contributed by atoms with Gasteiger partial charge in [-0.05, 0) is 40.9 Å². The van der Waals surface area contributed by atoms with Gasteiger partial charge < -0.3 is 10.2 Å².